The maximum absolute atomic E-state index is 4.84. The Morgan fingerprint density at radius 2 is 1.93 bits per heavy atom. The van der Waals surface area contributed by atoms with Gasteiger partial charge in [-0.2, -0.15) is 0 Å². The first kappa shape index (κ1) is 8.81. The van der Waals surface area contributed by atoms with Gasteiger partial charge in [-0.1, -0.05) is 23.4 Å². The van der Waals surface area contributed by atoms with E-state index < -0.39 is 0 Å². The molecule has 1 aromatic heterocycles. The van der Waals surface area contributed by atoms with Crippen molar-refractivity contribution >= 4 is 5.69 Å². The predicted octanol–water partition coefficient (Wildman–Crippen LogP) is 2.41. The molecule has 2 rings (SSSR count). The number of para-hydroxylation sites is 1. The van der Waals surface area contributed by atoms with Crippen LogP contribution in [0.15, 0.2) is 41.1 Å². The molecule has 1 aromatic carbocycles. The fourth-order valence-corrected chi connectivity index (χ4v) is 1.43. The third-order valence-corrected chi connectivity index (χ3v) is 2.10. The van der Waals surface area contributed by atoms with Crippen LogP contribution in [0.3, 0.4) is 0 Å². The van der Waals surface area contributed by atoms with Crippen molar-refractivity contribution in [2.75, 3.05) is 19.0 Å². The van der Waals surface area contributed by atoms with Gasteiger partial charge in [0.1, 0.15) is 12.0 Å². The second kappa shape index (κ2) is 3.54. The molecule has 0 bridgehead atoms. The Kier molecular flexibility index (Phi) is 2.23. The van der Waals surface area contributed by atoms with Gasteiger partial charge in [0.2, 0.25) is 0 Å². The molecule has 0 amide bonds. The number of anilines is 1. The molecule has 2 aromatic rings. The van der Waals surface area contributed by atoms with Crippen molar-refractivity contribution in [2.24, 2.45) is 0 Å². The van der Waals surface area contributed by atoms with Crippen molar-refractivity contribution in [3.05, 3.63) is 36.6 Å². The number of hydrogen-bond donors (Lipinski definition) is 0. The predicted molar refractivity (Wildman–Crippen MR) is 56.3 cm³/mol. The Balaban J connectivity index is 2.53. The minimum absolute atomic E-state index is 0.870. The molecular formula is C11H12N2O. The fraction of sp³-hybridized carbons (Fsp3) is 0.182. The van der Waals surface area contributed by atoms with E-state index in [2.05, 4.69) is 16.1 Å². The molecule has 0 N–H and O–H groups in total. The Bertz CT molecular complexity index is 407. The smallest absolute Gasteiger partial charge is 0.124 e. The molecule has 0 spiro atoms. The Morgan fingerprint density at radius 3 is 2.57 bits per heavy atom. The van der Waals surface area contributed by atoms with E-state index in [-0.39, 0.29) is 0 Å². The molecule has 72 valence electrons. The van der Waals surface area contributed by atoms with Gasteiger partial charge in [-0.3, -0.25) is 0 Å². The van der Waals surface area contributed by atoms with Gasteiger partial charge in [-0.25, -0.2) is 0 Å². The van der Waals surface area contributed by atoms with E-state index in [0.717, 1.165) is 16.9 Å². The van der Waals surface area contributed by atoms with Crippen LogP contribution >= 0.6 is 0 Å². The summed E-state index contributed by atoms with van der Waals surface area (Å²) in [6.07, 6.45) is 1.59. The first-order valence-corrected chi connectivity index (χ1v) is 4.46. The lowest BCUT2D eigenvalue weighted by Gasteiger charge is -2.15. The third-order valence-electron chi connectivity index (χ3n) is 2.10. The summed E-state index contributed by atoms with van der Waals surface area (Å²) in [4.78, 5) is 2.06. The standard InChI is InChI=1S/C11H12N2O/c1-13(2)11-6-4-3-5-9(11)10-7-8-14-12-10/h3-8H,1-2H3. The molecule has 0 radical (unpaired) electrons. The van der Waals surface area contributed by atoms with Crippen LogP contribution in [-0.4, -0.2) is 19.3 Å². The summed E-state index contributed by atoms with van der Waals surface area (Å²) in [5.41, 5.74) is 3.10. The largest absolute Gasteiger partial charge is 0.377 e. The average Bonchev–Trinajstić information content (AvgIpc) is 2.70. The quantitative estimate of drug-likeness (QED) is 0.724. The lowest BCUT2D eigenvalue weighted by atomic mass is 10.1. The molecule has 0 fully saturated rings. The number of rotatable bonds is 2. The van der Waals surface area contributed by atoms with Crippen molar-refractivity contribution in [1.82, 2.24) is 5.16 Å². The molecule has 3 nitrogen and oxygen atoms in total. The van der Waals surface area contributed by atoms with E-state index in [0.29, 0.717) is 0 Å². The van der Waals surface area contributed by atoms with Crippen LogP contribution in [0.25, 0.3) is 11.3 Å². The number of nitrogens with zero attached hydrogens (tertiary/aromatic N) is 2. The minimum Gasteiger partial charge on any atom is -0.377 e. The van der Waals surface area contributed by atoms with Crippen LogP contribution in [0.2, 0.25) is 0 Å². The molecule has 1 heterocycles. The summed E-state index contributed by atoms with van der Waals surface area (Å²) >= 11 is 0. The highest BCUT2D eigenvalue weighted by molar-refractivity contribution is 5.75. The fourth-order valence-electron chi connectivity index (χ4n) is 1.43. The average molecular weight is 188 g/mol. The van der Waals surface area contributed by atoms with Crippen LogP contribution in [0, 0.1) is 0 Å². The third kappa shape index (κ3) is 1.48. The molecular weight excluding hydrogens is 176 g/mol. The summed E-state index contributed by atoms with van der Waals surface area (Å²) in [5.74, 6) is 0. The topological polar surface area (TPSA) is 29.3 Å². The highest BCUT2D eigenvalue weighted by Crippen LogP contribution is 2.27. The summed E-state index contributed by atoms with van der Waals surface area (Å²) in [6.45, 7) is 0. The van der Waals surface area contributed by atoms with Gasteiger partial charge < -0.3 is 9.42 Å². The zero-order valence-corrected chi connectivity index (χ0v) is 8.27. The molecule has 0 unspecified atom stereocenters. The molecule has 0 saturated heterocycles. The molecule has 0 aliphatic carbocycles. The lowest BCUT2D eigenvalue weighted by Crippen LogP contribution is -2.09. The molecule has 0 atom stereocenters. The molecule has 14 heavy (non-hydrogen) atoms. The van der Waals surface area contributed by atoms with E-state index in [1.165, 1.54) is 0 Å². The van der Waals surface area contributed by atoms with Crippen LogP contribution in [0.4, 0.5) is 5.69 Å². The molecule has 0 aliphatic heterocycles. The van der Waals surface area contributed by atoms with Gasteiger partial charge >= 0.3 is 0 Å². The highest BCUT2D eigenvalue weighted by Gasteiger charge is 2.07. The van der Waals surface area contributed by atoms with Crippen molar-refractivity contribution in [1.29, 1.82) is 0 Å². The summed E-state index contributed by atoms with van der Waals surface area (Å²) < 4.78 is 4.84. The van der Waals surface area contributed by atoms with Gasteiger partial charge in [-0.05, 0) is 6.07 Å². The summed E-state index contributed by atoms with van der Waals surface area (Å²) in [7, 11) is 4.03. The maximum atomic E-state index is 4.84. The van der Waals surface area contributed by atoms with Gasteiger partial charge in [-0.15, -0.1) is 0 Å². The van der Waals surface area contributed by atoms with Gasteiger partial charge in [0.05, 0.1) is 0 Å². The van der Waals surface area contributed by atoms with Crippen molar-refractivity contribution in [3.8, 4) is 11.3 Å². The van der Waals surface area contributed by atoms with Crippen LogP contribution in [-0.2, 0) is 0 Å². The Labute approximate surface area is 82.9 Å². The van der Waals surface area contributed by atoms with Crippen molar-refractivity contribution in [3.63, 3.8) is 0 Å². The van der Waals surface area contributed by atoms with Crippen LogP contribution in [0.5, 0.6) is 0 Å². The zero-order valence-electron chi connectivity index (χ0n) is 8.27. The summed E-state index contributed by atoms with van der Waals surface area (Å²) in [5, 5.41) is 3.93. The second-order valence-electron chi connectivity index (χ2n) is 3.30. The first-order chi connectivity index (χ1) is 6.79. The highest BCUT2D eigenvalue weighted by atomic mass is 16.5. The Hall–Kier alpha value is -1.77. The first-order valence-electron chi connectivity index (χ1n) is 4.46. The van der Waals surface area contributed by atoms with E-state index in [9.17, 15) is 0 Å². The number of aromatic nitrogens is 1. The van der Waals surface area contributed by atoms with Crippen LogP contribution < -0.4 is 4.90 Å². The lowest BCUT2D eigenvalue weighted by molar-refractivity contribution is 0.422. The monoisotopic (exact) mass is 188 g/mol. The Morgan fingerprint density at radius 1 is 1.14 bits per heavy atom. The van der Waals surface area contributed by atoms with E-state index >= 15 is 0 Å². The van der Waals surface area contributed by atoms with Crippen molar-refractivity contribution < 1.29 is 4.52 Å². The SMILES string of the molecule is CN(C)c1ccccc1-c1ccon1. The van der Waals surface area contributed by atoms with E-state index in [4.69, 9.17) is 4.52 Å². The number of hydrogen-bond acceptors (Lipinski definition) is 3. The normalized spacial score (nSPS) is 10.1. The number of benzene rings is 1. The zero-order chi connectivity index (χ0) is 9.97. The maximum Gasteiger partial charge on any atom is 0.124 e. The minimum atomic E-state index is 0.870. The van der Waals surface area contributed by atoms with E-state index in [1.54, 1.807) is 6.26 Å². The molecule has 3 heteroatoms. The van der Waals surface area contributed by atoms with Gasteiger partial charge in [0.25, 0.3) is 0 Å². The van der Waals surface area contributed by atoms with Gasteiger partial charge in [0, 0.05) is 31.4 Å². The van der Waals surface area contributed by atoms with Crippen LogP contribution in [0.1, 0.15) is 0 Å². The van der Waals surface area contributed by atoms with E-state index in [1.807, 2.05) is 38.4 Å². The van der Waals surface area contributed by atoms with Gasteiger partial charge in [0.15, 0.2) is 0 Å². The summed E-state index contributed by atoms with van der Waals surface area (Å²) in [6, 6.07) is 9.97. The second-order valence-corrected chi connectivity index (χ2v) is 3.30. The van der Waals surface area contributed by atoms with Crippen molar-refractivity contribution in [2.45, 2.75) is 0 Å². The molecule has 0 saturated carbocycles. The molecule has 0 aliphatic rings.